The third-order valence-corrected chi connectivity index (χ3v) is 3.03. The molecule has 0 aliphatic carbocycles. The number of rotatable bonds is 2. The Hall–Kier alpha value is -1.16. The molecule has 0 radical (unpaired) electrons. The Morgan fingerprint density at radius 2 is 2.06 bits per heavy atom. The lowest BCUT2D eigenvalue weighted by Gasteiger charge is -2.35. The fraction of sp³-hybridized carbons (Fsp3) is 0.667. The van der Waals surface area contributed by atoms with E-state index in [0.29, 0.717) is 6.04 Å². The van der Waals surface area contributed by atoms with Gasteiger partial charge in [0.2, 0.25) is 5.95 Å². The van der Waals surface area contributed by atoms with Gasteiger partial charge in [-0.25, -0.2) is 9.97 Å². The monoisotopic (exact) mass is 220 g/mol. The first kappa shape index (κ1) is 11.3. The minimum atomic E-state index is 0.0798. The number of anilines is 1. The Morgan fingerprint density at radius 3 is 2.56 bits per heavy atom. The van der Waals surface area contributed by atoms with E-state index < -0.39 is 0 Å². The van der Waals surface area contributed by atoms with Crippen molar-refractivity contribution in [3.8, 4) is 0 Å². The molecule has 1 aromatic rings. The average Bonchev–Trinajstić information content (AvgIpc) is 2.14. The smallest absolute Gasteiger partial charge is 0.225 e. The third-order valence-electron chi connectivity index (χ3n) is 3.03. The summed E-state index contributed by atoms with van der Waals surface area (Å²) in [4.78, 5) is 11.1. The van der Waals surface area contributed by atoms with Crippen LogP contribution in [0.15, 0.2) is 12.3 Å². The van der Waals surface area contributed by atoms with E-state index in [1.54, 1.807) is 0 Å². The van der Waals surface area contributed by atoms with Crippen LogP contribution in [0.1, 0.15) is 26.5 Å². The molecule has 1 saturated heterocycles. The fourth-order valence-corrected chi connectivity index (χ4v) is 1.65. The Bertz CT molecular complexity index is 366. The summed E-state index contributed by atoms with van der Waals surface area (Å²) in [6.45, 7) is 8.57. The second-order valence-electron chi connectivity index (χ2n) is 5.41. The lowest BCUT2D eigenvalue weighted by Crippen LogP contribution is -2.56. The van der Waals surface area contributed by atoms with Crippen LogP contribution in [0.3, 0.4) is 0 Å². The lowest BCUT2D eigenvalue weighted by molar-refractivity contribution is 0.423. The molecule has 2 rings (SSSR count). The second-order valence-corrected chi connectivity index (χ2v) is 5.41. The van der Waals surface area contributed by atoms with Crippen molar-refractivity contribution in [2.24, 2.45) is 0 Å². The minimum absolute atomic E-state index is 0.0798. The normalized spacial score (nSPS) is 17.0. The van der Waals surface area contributed by atoms with E-state index in [2.05, 4.69) is 48.0 Å². The minimum Gasteiger partial charge on any atom is -0.338 e. The van der Waals surface area contributed by atoms with Gasteiger partial charge in [0, 0.05) is 31.7 Å². The van der Waals surface area contributed by atoms with Gasteiger partial charge in [-0.2, -0.15) is 0 Å². The molecule has 4 nitrogen and oxygen atoms in total. The van der Waals surface area contributed by atoms with E-state index in [-0.39, 0.29) is 5.41 Å². The summed E-state index contributed by atoms with van der Waals surface area (Å²) in [6.07, 6.45) is 1.85. The van der Waals surface area contributed by atoms with Gasteiger partial charge in [0.15, 0.2) is 0 Å². The van der Waals surface area contributed by atoms with Crippen LogP contribution in [0.4, 0.5) is 5.95 Å². The summed E-state index contributed by atoms with van der Waals surface area (Å²) in [5.41, 5.74) is 1.17. The van der Waals surface area contributed by atoms with Crippen molar-refractivity contribution in [2.45, 2.75) is 32.2 Å². The van der Waals surface area contributed by atoms with Crippen LogP contribution in [0.5, 0.6) is 0 Å². The highest BCUT2D eigenvalue weighted by Crippen LogP contribution is 2.21. The zero-order valence-corrected chi connectivity index (χ0v) is 10.5. The standard InChI is InChI=1S/C12H20N4/c1-12(2,3)10-5-6-14-11(15-10)16(4)9-7-13-8-9/h5-6,9,13H,7-8H2,1-4H3. The molecular weight excluding hydrogens is 200 g/mol. The van der Waals surface area contributed by atoms with Crippen molar-refractivity contribution in [1.82, 2.24) is 15.3 Å². The van der Waals surface area contributed by atoms with Gasteiger partial charge in [0.1, 0.15) is 0 Å². The highest BCUT2D eigenvalue weighted by Gasteiger charge is 2.24. The van der Waals surface area contributed by atoms with Gasteiger partial charge >= 0.3 is 0 Å². The summed E-state index contributed by atoms with van der Waals surface area (Å²) in [5, 5.41) is 3.26. The third kappa shape index (κ3) is 2.16. The Labute approximate surface area is 97.1 Å². The van der Waals surface area contributed by atoms with E-state index in [9.17, 15) is 0 Å². The van der Waals surface area contributed by atoms with Crippen molar-refractivity contribution in [3.63, 3.8) is 0 Å². The molecule has 4 heteroatoms. The maximum atomic E-state index is 4.63. The molecule has 16 heavy (non-hydrogen) atoms. The maximum absolute atomic E-state index is 4.63. The van der Waals surface area contributed by atoms with Crippen molar-refractivity contribution >= 4 is 5.95 Å². The van der Waals surface area contributed by atoms with Crippen LogP contribution in [-0.4, -0.2) is 36.1 Å². The first-order chi connectivity index (χ1) is 7.48. The van der Waals surface area contributed by atoms with Gasteiger partial charge in [0.25, 0.3) is 0 Å². The summed E-state index contributed by atoms with van der Waals surface area (Å²) in [6, 6.07) is 2.53. The van der Waals surface area contributed by atoms with Crippen molar-refractivity contribution < 1.29 is 0 Å². The molecule has 0 amide bonds. The highest BCUT2D eigenvalue weighted by atomic mass is 15.3. The van der Waals surface area contributed by atoms with Crippen LogP contribution >= 0.6 is 0 Å². The Balaban J connectivity index is 2.21. The van der Waals surface area contributed by atoms with Crippen LogP contribution in [0.25, 0.3) is 0 Å². The lowest BCUT2D eigenvalue weighted by atomic mass is 9.92. The van der Waals surface area contributed by atoms with E-state index in [0.717, 1.165) is 24.7 Å². The topological polar surface area (TPSA) is 41.1 Å². The summed E-state index contributed by atoms with van der Waals surface area (Å²) in [5.74, 6) is 0.832. The zero-order valence-electron chi connectivity index (χ0n) is 10.5. The number of aromatic nitrogens is 2. The predicted molar refractivity (Wildman–Crippen MR) is 65.8 cm³/mol. The van der Waals surface area contributed by atoms with Crippen molar-refractivity contribution in [2.75, 3.05) is 25.0 Å². The number of likely N-dealkylation sites (N-methyl/N-ethyl adjacent to an activating group) is 1. The van der Waals surface area contributed by atoms with Gasteiger partial charge in [-0.3, -0.25) is 0 Å². The number of hydrogen-bond donors (Lipinski definition) is 1. The largest absolute Gasteiger partial charge is 0.338 e. The van der Waals surface area contributed by atoms with Crippen molar-refractivity contribution in [1.29, 1.82) is 0 Å². The molecule has 1 aliphatic rings. The number of nitrogens with zero attached hydrogens (tertiary/aromatic N) is 3. The molecule has 1 N–H and O–H groups in total. The van der Waals surface area contributed by atoms with Crippen LogP contribution in [0.2, 0.25) is 0 Å². The van der Waals surface area contributed by atoms with E-state index in [1.807, 2.05) is 12.3 Å². The summed E-state index contributed by atoms with van der Waals surface area (Å²) < 4.78 is 0. The molecule has 0 saturated carbocycles. The first-order valence-electron chi connectivity index (χ1n) is 5.75. The van der Waals surface area contributed by atoms with Gasteiger partial charge < -0.3 is 10.2 Å². The maximum Gasteiger partial charge on any atom is 0.225 e. The van der Waals surface area contributed by atoms with Gasteiger partial charge in [-0.05, 0) is 6.07 Å². The predicted octanol–water partition coefficient (Wildman–Crippen LogP) is 1.18. The van der Waals surface area contributed by atoms with Gasteiger partial charge in [-0.15, -0.1) is 0 Å². The Kier molecular flexibility index (Phi) is 2.84. The van der Waals surface area contributed by atoms with Gasteiger partial charge in [0.05, 0.1) is 11.7 Å². The molecule has 1 aliphatic heterocycles. The summed E-state index contributed by atoms with van der Waals surface area (Å²) in [7, 11) is 2.06. The molecule has 1 aromatic heterocycles. The first-order valence-corrected chi connectivity index (χ1v) is 5.75. The van der Waals surface area contributed by atoms with Crippen LogP contribution in [-0.2, 0) is 5.41 Å². The van der Waals surface area contributed by atoms with E-state index in [1.165, 1.54) is 0 Å². The SMILES string of the molecule is CN(c1nccc(C(C)(C)C)n1)C1CNC1. The van der Waals surface area contributed by atoms with E-state index >= 15 is 0 Å². The van der Waals surface area contributed by atoms with Gasteiger partial charge in [-0.1, -0.05) is 20.8 Å². The van der Waals surface area contributed by atoms with Crippen LogP contribution < -0.4 is 10.2 Å². The molecule has 0 aromatic carbocycles. The quantitative estimate of drug-likeness (QED) is 0.812. The fourth-order valence-electron chi connectivity index (χ4n) is 1.65. The van der Waals surface area contributed by atoms with E-state index in [4.69, 9.17) is 0 Å². The van der Waals surface area contributed by atoms with Crippen molar-refractivity contribution in [3.05, 3.63) is 18.0 Å². The number of nitrogens with one attached hydrogen (secondary N) is 1. The molecule has 0 spiro atoms. The molecule has 88 valence electrons. The summed E-state index contributed by atoms with van der Waals surface area (Å²) >= 11 is 0. The second kappa shape index (κ2) is 4.01. The van der Waals surface area contributed by atoms with Crippen LogP contribution in [0, 0.1) is 0 Å². The Morgan fingerprint density at radius 1 is 1.38 bits per heavy atom. The molecule has 0 atom stereocenters. The average molecular weight is 220 g/mol. The molecule has 2 heterocycles. The zero-order chi connectivity index (χ0) is 11.8. The molecule has 0 unspecified atom stereocenters. The molecule has 0 bridgehead atoms. The molecule has 1 fully saturated rings. The highest BCUT2D eigenvalue weighted by molar-refractivity contribution is 5.33. The number of hydrogen-bond acceptors (Lipinski definition) is 4. The molecular formula is C12H20N4.